The molecule has 0 aliphatic rings. The lowest BCUT2D eigenvalue weighted by molar-refractivity contribution is 0.605. The number of aromatic nitrogens is 5. The standard InChI is InChI=1S/C11H16N6/c1-3-17-8-14-16-11(17)7-12-6-10-4-5-13-9(2)15-10/h4-5,8,12H,3,6-7H2,1-2H3. The van der Waals surface area contributed by atoms with Gasteiger partial charge < -0.3 is 9.88 Å². The molecule has 1 N–H and O–H groups in total. The average Bonchev–Trinajstić information content (AvgIpc) is 2.77. The van der Waals surface area contributed by atoms with Crippen LogP contribution in [0.1, 0.15) is 24.3 Å². The molecule has 0 amide bonds. The predicted octanol–water partition coefficient (Wildman–Crippen LogP) is 0.686. The average molecular weight is 232 g/mol. The van der Waals surface area contributed by atoms with E-state index in [9.17, 15) is 0 Å². The van der Waals surface area contributed by atoms with E-state index in [1.165, 1.54) is 0 Å². The third kappa shape index (κ3) is 3.07. The summed E-state index contributed by atoms with van der Waals surface area (Å²) in [7, 11) is 0. The first-order valence-electron chi connectivity index (χ1n) is 5.65. The molecule has 2 heterocycles. The monoisotopic (exact) mass is 232 g/mol. The largest absolute Gasteiger partial charge is 0.317 e. The van der Waals surface area contributed by atoms with Crippen LogP contribution in [0, 0.1) is 6.92 Å². The molecular weight excluding hydrogens is 216 g/mol. The van der Waals surface area contributed by atoms with E-state index in [2.05, 4.69) is 32.4 Å². The zero-order chi connectivity index (χ0) is 12.1. The molecular formula is C11H16N6. The topological polar surface area (TPSA) is 68.5 Å². The molecule has 2 rings (SSSR count). The van der Waals surface area contributed by atoms with Crippen LogP contribution in [-0.2, 0) is 19.6 Å². The maximum absolute atomic E-state index is 4.32. The van der Waals surface area contributed by atoms with Crippen LogP contribution in [0.5, 0.6) is 0 Å². The van der Waals surface area contributed by atoms with Gasteiger partial charge in [0.05, 0.1) is 12.2 Å². The molecule has 0 aromatic carbocycles. The summed E-state index contributed by atoms with van der Waals surface area (Å²) in [5.74, 6) is 1.74. The third-order valence-corrected chi connectivity index (χ3v) is 2.46. The number of hydrogen-bond donors (Lipinski definition) is 1. The van der Waals surface area contributed by atoms with Crippen LogP contribution in [0.15, 0.2) is 18.6 Å². The van der Waals surface area contributed by atoms with Crippen LogP contribution in [0.25, 0.3) is 0 Å². The Morgan fingerprint density at radius 3 is 3.00 bits per heavy atom. The molecule has 0 radical (unpaired) electrons. The maximum atomic E-state index is 4.32. The van der Waals surface area contributed by atoms with Crippen molar-refractivity contribution < 1.29 is 0 Å². The Labute approximate surface area is 100 Å². The molecule has 2 aromatic rings. The van der Waals surface area contributed by atoms with E-state index in [4.69, 9.17) is 0 Å². The zero-order valence-electron chi connectivity index (χ0n) is 10.1. The van der Waals surface area contributed by atoms with E-state index in [0.717, 1.165) is 23.9 Å². The molecule has 0 spiro atoms. The first kappa shape index (κ1) is 11.7. The number of nitrogens with one attached hydrogen (secondary N) is 1. The van der Waals surface area contributed by atoms with Crippen molar-refractivity contribution in [1.29, 1.82) is 0 Å². The Balaban J connectivity index is 1.87. The van der Waals surface area contributed by atoms with E-state index in [-0.39, 0.29) is 0 Å². The molecule has 90 valence electrons. The number of hydrogen-bond acceptors (Lipinski definition) is 5. The molecule has 0 atom stereocenters. The highest BCUT2D eigenvalue weighted by molar-refractivity contribution is 5.01. The first-order valence-corrected chi connectivity index (χ1v) is 5.65. The summed E-state index contributed by atoms with van der Waals surface area (Å²) in [6, 6.07) is 1.91. The summed E-state index contributed by atoms with van der Waals surface area (Å²) < 4.78 is 2.01. The van der Waals surface area contributed by atoms with Crippen LogP contribution in [0.3, 0.4) is 0 Å². The van der Waals surface area contributed by atoms with Crippen molar-refractivity contribution in [2.24, 2.45) is 0 Å². The van der Waals surface area contributed by atoms with E-state index >= 15 is 0 Å². The highest BCUT2D eigenvalue weighted by atomic mass is 15.3. The smallest absolute Gasteiger partial charge is 0.146 e. The lowest BCUT2D eigenvalue weighted by atomic mass is 10.4. The minimum absolute atomic E-state index is 0.691. The summed E-state index contributed by atoms with van der Waals surface area (Å²) in [6.45, 7) is 6.24. The molecule has 2 aromatic heterocycles. The second-order valence-corrected chi connectivity index (χ2v) is 3.73. The molecule has 0 aliphatic heterocycles. The zero-order valence-corrected chi connectivity index (χ0v) is 10.1. The van der Waals surface area contributed by atoms with Gasteiger partial charge in [0.1, 0.15) is 18.0 Å². The van der Waals surface area contributed by atoms with Crippen molar-refractivity contribution in [1.82, 2.24) is 30.0 Å². The fraction of sp³-hybridized carbons (Fsp3) is 0.455. The normalized spacial score (nSPS) is 10.7. The van der Waals surface area contributed by atoms with Gasteiger partial charge in [-0.25, -0.2) is 9.97 Å². The van der Waals surface area contributed by atoms with E-state index < -0.39 is 0 Å². The second-order valence-electron chi connectivity index (χ2n) is 3.73. The Bertz CT molecular complexity index is 478. The van der Waals surface area contributed by atoms with Gasteiger partial charge in [-0.3, -0.25) is 0 Å². The van der Waals surface area contributed by atoms with Gasteiger partial charge in [0.2, 0.25) is 0 Å². The fourth-order valence-corrected chi connectivity index (χ4v) is 1.59. The third-order valence-electron chi connectivity index (χ3n) is 2.46. The van der Waals surface area contributed by atoms with E-state index in [0.29, 0.717) is 13.1 Å². The molecule has 6 nitrogen and oxygen atoms in total. The van der Waals surface area contributed by atoms with E-state index in [1.807, 2.05) is 17.6 Å². The van der Waals surface area contributed by atoms with Crippen molar-refractivity contribution in [2.45, 2.75) is 33.5 Å². The molecule has 0 saturated heterocycles. The Hall–Kier alpha value is -1.82. The summed E-state index contributed by atoms with van der Waals surface area (Å²) in [4.78, 5) is 8.38. The molecule has 17 heavy (non-hydrogen) atoms. The van der Waals surface area contributed by atoms with Crippen LogP contribution >= 0.6 is 0 Å². The quantitative estimate of drug-likeness (QED) is 0.821. The van der Waals surface area contributed by atoms with Gasteiger partial charge >= 0.3 is 0 Å². The Morgan fingerprint density at radius 2 is 2.24 bits per heavy atom. The van der Waals surface area contributed by atoms with Gasteiger partial charge in [0, 0.05) is 19.3 Å². The van der Waals surface area contributed by atoms with Crippen LogP contribution in [0.2, 0.25) is 0 Å². The highest BCUT2D eigenvalue weighted by Gasteiger charge is 2.02. The molecule has 6 heteroatoms. The molecule has 0 aliphatic carbocycles. The van der Waals surface area contributed by atoms with Crippen molar-refractivity contribution in [2.75, 3.05) is 0 Å². The number of rotatable bonds is 5. The second kappa shape index (κ2) is 5.49. The molecule has 0 fully saturated rings. The maximum Gasteiger partial charge on any atom is 0.146 e. The summed E-state index contributed by atoms with van der Waals surface area (Å²) in [6.07, 6.45) is 3.51. The molecule has 0 saturated carbocycles. The van der Waals surface area contributed by atoms with Gasteiger partial charge in [-0.1, -0.05) is 0 Å². The summed E-state index contributed by atoms with van der Waals surface area (Å²) >= 11 is 0. The highest BCUT2D eigenvalue weighted by Crippen LogP contribution is 1.97. The van der Waals surface area contributed by atoms with Gasteiger partial charge in [-0.15, -0.1) is 10.2 Å². The first-order chi connectivity index (χ1) is 8.29. The lowest BCUT2D eigenvalue weighted by Gasteiger charge is -2.05. The van der Waals surface area contributed by atoms with Crippen molar-refractivity contribution >= 4 is 0 Å². The van der Waals surface area contributed by atoms with Crippen LogP contribution < -0.4 is 5.32 Å². The molecule has 0 unspecified atom stereocenters. The predicted molar refractivity (Wildman–Crippen MR) is 63.0 cm³/mol. The Morgan fingerprint density at radius 1 is 1.35 bits per heavy atom. The van der Waals surface area contributed by atoms with Crippen molar-refractivity contribution in [3.8, 4) is 0 Å². The summed E-state index contributed by atoms with van der Waals surface area (Å²) in [5, 5.41) is 11.2. The number of aryl methyl sites for hydroxylation is 2. The number of nitrogens with zero attached hydrogens (tertiary/aromatic N) is 5. The van der Waals surface area contributed by atoms with Crippen LogP contribution in [-0.4, -0.2) is 24.7 Å². The van der Waals surface area contributed by atoms with Crippen molar-refractivity contribution in [3.05, 3.63) is 35.9 Å². The van der Waals surface area contributed by atoms with Crippen molar-refractivity contribution in [3.63, 3.8) is 0 Å². The van der Waals surface area contributed by atoms with Crippen LogP contribution in [0.4, 0.5) is 0 Å². The van der Waals surface area contributed by atoms with Gasteiger partial charge in [0.25, 0.3) is 0 Å². The minimum Gasteiger partial charge on any atom is -0.317 e. The van der Waals surface area contributed by atoms with E-state index in [1.54, 1.807) is 12.5 Å². The minimum atomic E-state index is 0.691. The molecule has 0 bridgehead atoms. The van der Waals surface area contributed by atoms with Gasteiger partial charge in [-0.2, -0.15) is 0 Å². The Kier molecular flexibility index (Phi) is 3.77. The van der Waals surface area contributed by atoms with Gasteiger partial charge in [0.15, 0.2) is 0 Å². The summed E-state index contributed by atoms with van der Waals surface area (Å²) in [5.41, 5.74) is 0.986. The SMILES string of the molecule is CCn1cnnc1CNCc1ccnc(C)n1. The lowest BCUT2D eigenvalue weighted by Crippen LogP contribution is -2.17. The fourth-order valence-electron chi connectivity index (χ4n) is 1.59. The van der Waals surface area contributed by atoms with Gasteiger partial charge in [-0.05, 0) is 19.9 Å².